The summed E-state index contributed by atoms with van der Waals surface area (Å²) in [5, 5.41) is 13.3. The van der Waals surface area contributed by atoms with Gasteiger partial charge in [-0.1, -0.05) is 34.1 Å². The molecule has 0 aliphatic heterocycles. The van der Waals surface area contributed by atoms with E-state index in [-0.39, 0.29) is 11.7 Å². The number of halogens is 1. The van der Waals surface area contributed by atoms with Crippen molar-refractivity contribution in [1.82, 2.24) is 5.43 Å². The number of rotatable bonds is 6. The van der Waals surface area contributed by atoms with Crippen molar-refractivity contribution in [2.75, 3.05) is 5.75 Å². The topological polar surface area (TPSA) is 61.7 Å². The first-order chi connectivity index (χ1) is 11.1. The highest BCUT2D eigenvalue weighted by Gasteiger charge is 2.04. The lowest BCUT2D eigenvalue weighted by molar-refractivity contribution is -0.118. The average molecular weight is 393 g/mol. The maximum absolute atomic E-state index is 11.8. The molecular formula is C17H17BrN2O2S. The molecule has 0 saturated carbocycles. The zero-order chi connectivity index (χ0) is 16.7. The third-order valence-corrected chi connectivity index (χ3v) is 4.84. The molecule has 0 atom stereocenters. The van der Waals surface area contributed by atoms with Gasteiger partial charge < -0.3 is 5.11 Å². The fourth-order valence-electron chi connectivity index (χ4n) is 1.81. The Kier molecular flexibility index (Phi) is 6.67. The van der Waals surface area contributed by atoms with E-state index in [1.54, 1.807) is 31.2 Å². The molecule has 0 heterocycles. The van der Waals surface area contributed by atoms with Crippen LogP contribution in [0.3, 0.4) is 0 Å². The summed E-state index contributed by atoms with van der Waals surface area (Å²) in [6.07, 6.45) is 0. The van der Waals surface area contributed by atoms with Crippen molar-refractivity contribution in [3.63, 3.8) is 0 Å². The van der Waals surface area contributed by atoms with E-state index in [0.29, 0.717) is 11.5 Å². The minimum atomic E-state index is -0.139. The van der Waals surface area contributed by atoms with Crippen molar-refractivity contribution in [3.05, 3.63) is 64.1 Å². The largest absolute Gasteiger partial charge is 0.508 e. The number of benzene rings is 2. The normalized spacial score (nSPS) is 11.3. The molecule has 0 aromatic heterocycles. The Morgan fingerprint density at radius 3 is 2.61 bits per heavy atom. The van der Waals surface area contributed by atoms with Crippen LogP contribution in [-0.2, 0) is 10.5 Å². The number of thioether (sulfide) groups is 1. The van der Waals surface area contributed by atoms with Crippen molar-refractivity contribution in [3.8, 4) is 5.75 Å². The Morgan fingerprint density at radius 2 is 1.91 bits per heavy atom. The molecule has 2 N–H and O–H groups in total. The highest BCUT2D eigenvalue weighted by atomic mass is 79.9. The molecule has 0 bridgehead atoms. The lowest BCUT2D eigenvalue weighted by Crippen LogP contribution is -2.21. The molecule has 1 amide bonds. The van der Waals surface area contributed by atoms with Gasteiger partial charge in [0.25, 0.3) is 0 Å². The average Bonchev–Trinajstić information content (AvgIpc) is 2.55. The molecule has 120 valence electrons. The Morgan fingerprint density at radius 1 is 1.22 bits per heavy atom. The van der Waals surface area contributed by atoms with E-state index in [2.05, 4.69) is 26.5 Å². The number of carbonyl (C=O) groups is 1. The fraction of sp³-hybridized carbons (Fsp3) is 0.176. The van der Waals surface area contributed by atoms with Gasteiger partial charge in [0.1, 0.15) is 5.75 Å². The van der Waals surface area contributed by atoms with Crippen molar-refractivity contribution in [1.29, 1.82) is 0 Å². The van der Waals surface area contributed by atoms with E-state index in [9.17, 15) is 9.90 Å². The molecule has 2 aromatic rings. The molecule has 0 radical (unpaired) electrons. The highest BCUT2D eigenvalue weighted by Crippen LogP contribution is 2.21. The van der Waals surface area contributed by atoms with Crippen LogP contribution in [0.2, 0.25) is 0 Å². The predicted molar refractivity (Wildman–Crippen MR) is 98.8 cm³/mol. The number of nitrogens with one attached hydrogen (secondary N) is 1. The summed E-state index contributed by atoms with van der Waals surface area (Å²) >= 11 is 5.02. The smallest absolute Gasteiger partial charge is 0.250 e. The summed E-state index contributed by atoms with van der Waals surface area (Å²) < 4.78 is 1.05. The van der Waals surface area contributed by atoms with Crippen LogP contribution in [0.4, 0.5) is 0 Å². The van der Waals surface area contributed by atoms with Crippen LogP contribution < -0.4 is 5.43 Å². The Bertz CT molecular complexity index is 702. The second kappa shape index (κ2) is 8.74. The maximum atomic E-state index is 11.8. The summed E-state index contributed by atoms with van der Waals surface area (Å²) in [5.74, 6) is 1.16. The number of phenols is 1. The summed E-state index contributed by atoms with van der Waals surface area (Å²) in [6, 6.07) is 14.6. The lowest BCUT2D eigenvalue weighted by atomic mass is 10.1. The van der Waals surface area contributed by atoms with Crippen LogP contribution >= 0.6 is 27.7 Å². The second-order valence-electron chi connectivity index (χ2n) is 4.86. The van der Waals surface area contributed by atoms with Gasteiger partial charge in [-0.3, -0.25) is 4.79 Å². The van der Waals surface area contributed by atoms with E-state index in [1.165, 1.54) is 11.8 Å². The van der Waals surface area contributed by atoms with Gasteiger partial charge in [-0.25, -0.2) is 5.43 Å². The van der Waals surface area contributed by atoms with Gasteiger partial charge in [0.2, 0.25) is 5.91 Å². The molecule has 0 fully saturated rings. The molecule has 2 aromatic carbocycles. The summed E-state index contributed by atoms with van der Waals surface area (Å²) in [7, 11) is 0. The van der Waals surface area contributed by atoms with E-state index < -0.39 is 0 Å². The quantitative estimate of drug-likeness (QED) is 0.578. The van der Waals surface area contributed by atoms with Crippen LogP contribution in [0.1, 0.15) is 18.1 Å². The lowest BCUT2D eigenvalue weighted by Gasteiger charge is -2.05. The number of amides is 1. The van der Waals surface area contributed by atoms with Crippen molar-refractivity contribution in [2.45, 2.75) is 12.7 Å². The van der Waals surface area contributed by atoms with E-state index in [4.69, 9.17) is 0 Å². The predicted octanol–water partition coefficient (Wildman–Crippen LogP) is 3.93. The minimum Gasteiger partial charge on any atom is -0.508 e. The molecule has 0 aliphatic rings. The first kappa shape index (κ1) is 17.6. The van der Waals surface area contributed by atoms with Crippen LogP contribution in [0.5, 0.6) is 5.75 Å². The third kappa shape index (κ3) is 5.73. The van der Waals surface area contributed by atoms with Gasteiger partial charge in [0.15, 0.2) is 0 Å². The van der Waals surface area contributed by atoms with E-state index >= 15 is 0 Å². The van der Waals surface area contributed by atoms with E-state index in [1.807, 2.05) is 24.3 Å². The van der Waals surface area contributed by atoms with Gasteiger partial charge in [-0.2, -0.15) is 5.10 Å². The Balaban J connectivity index is 1.79. The van der Waals surface area contributed by atoms with Crippen LogP contribution in [-0.4, -0.2) is 22.5 Å². The zero-order valence-corrected chi connectivity index (χ0v) is 15.0. The number of hydrazone groups is 1. The molecule has 0 aliphatic carbocycles. The first-order valence-corrected chi connectivity index (χ1v) is 8.94. The third-order valence-electron chi connectivity index (χ3n) is 3.08. The maximum Gasteiger partial charge on any atom is 0.250 e. The van der Waals surface area contributed by atoms with Gasteiger partial charge in [0, 0.05) is 10.2 Å². The van der Waals surface area contributed by atoms with Crippen LogP contribution in [0, 0.1) is 0 Å². The molecule has 0 saturated heterocycles. The number of phenolic OH excluding ortho intramolecular Hbond substituents is 1. The molecule has 23 heavy (non-hydrogen) atoms. The summed E-state index contributed by atoms with van der Waals surface area (Å²) in [4.78, 5) is 11.8. The summed E-state index contributed by atoms with van der Waals surface area (Å²) in [5.41, 5.74) is 5.25. The minimum absolute atomic E-state index is 0.139. The van der Waals surface area contributed by atoms with Gasteiger partial charge in [-0.15, -0.1) is 11.8 Å². The van der Waals surface area contributed by atoms with Crippen molar-refractivity contribution < 1.29 is 9.90 Å². The number of carbonyl (C=O) groups excluding carboxylic acids is 1. The summed E-state index contributed by atoms with van der Waals surface area (Å²) in [6.45, 7) is 1.81. The number of aromatic hydroxyl groups is 1. The molecule has 0 spiro atoms. The number of hydrogen-bond acceptors (Lipinski definition) is 4. The van der Waals surface area contributed by atoms with Gasteiger partial charge >= 0.3 is 0 Å². The number of nitrogens with zero attached hydrogens (tertiary/aromatic N) is 1. The monoisotopic (exact) mass is 392 g/mol. The van der Waals surface area contributed by atoms with Crippen LogP contribution in [0.25, 0.3) is 0 Å². The standard InChI is InChI=1S/C17H17BrN2O2S/c1-12(13-6-8-15(21)9-7-13)19-20-17(22)11-23-10-14-4-2-3-5-16(14)18/h2-9,21H,10-11H2,1H3,(H,20,22)/b19-12-. The number of hydrogen-bond donors (Lipinski definition) is 2. The molecule has 0 unspecified atom stereocenters. The van der Waals surface area contributed by atoms with Crippen LogP contribution in [0.15, 0.2) is 58.1 Å². The molecule has 4 nitrogen and oxygen atoms in total. The first-order valence-electron chi connectivity index (χ1n) is 7.00. The zero-order valence-electron chi connectivity index (χ0n) is 12.6. The van der Waals surface area contributed by atoms with Crippen molar-refractivity contribution in [2.24, 2.45) is 5.10 Å². The van der Waals surface area contributed by atoms with Crippen molar-refractivity contribution >= 4 is 39.3 Å². The molecular weight excluding hydrogens is 376 g/mol. The Labute approximate surface area is 148 Å². The second-order valence-corrected chi connectivity index (χ2v) is 6.70. The van der Waals surface area contributed by atoms with Gasteiger partial charge in [-0.05, 0) is 48.4 Å². The highest BCUT2D eigenvalue weighted by molar-refractivity contribution is 9.10. The Hall–Kier alpha value is -1.79. The SMILES string of the molecule is C/C(=N/NC(=O)CSCc1ccccc1Br)c1ccc(O)cc1. The molecule has 2 rings (SSSR count). The van der Waals surface area contributed by atoms with E-state index in [0.717, 1.165) is 21.4 Å². The molecule has 6 heteroatoms. The van der Waals surface area contributed by atoms with Gasteiger partial charge in [0.05, 0.1) is 11.5 Å². The fourth-order valence-corrected chi connectivity index (χ4v) is 3.25.